The number of ketones is 1. The van der Waals surface area contributed by atoms with Crippen LogP contribution in [-0.2, 0) is 0 Å². The van der Waals surface area contributed by atoms with Gasteiger partial charge < -0.3 is 15.2 Å². The largest absolute Gasteiger partial charge is 0.490 e. The fourth-order valence-electron chi connectivity index (χ4n) is 2.07. The summed E-state index contributed by atoms with van der Waals surface area (Å²) in [5, 5.41) is 0.666. The van der Waals surface area contributed by atoms with Crippen LogP contribution in [0, 0.1) is 0 Å². The van der Waals surface area contributed by atoms with Gasteiger partial charge in [0.05, 0.1) is 5.69 Å². The molecule has 2 N–H and O–H groups in total. The summed E-state index contributed by atoms with van der Waals surface area (Å²) in [6.45, 7) is 2.71. The van der Waals surface area contributed by atoms with E-state index >= 15 is 0 Å². The highest BCUT2D eigenvalue weighted by molar-refractivity contribution is 6.30. The van der Waals surface area contributed by atoms with Crippen molar-refractivity contribution in [3.05, 3.63) is 53.1 Å². The van der Waals surface area contributed by atoms with Crippen molar-refractivity contribution in [2.24, 2.45) is 0 Å². The molecule has 0 amide bonds. The molecule has 0 aliphatic rings. The number of nitrogen functional groups attached to an aromatic ring is 1. The first-order valence-corrected chi connectivity index (χ1v) is 7.92. The van der Waals surface area contributed by atoms with Gasteiger partial charge >= 0.3 is 0 Å². The van der Waals surface area contributed by atoms with Crippen LogP contribution >= 0.6 is 11.6 Å². The molecule has 0 saturated heterocycles. The molecule has 2 aromatic rings. The van der Waals surface area contributed by atoms with Crippen LogP contribution in [0.25, 0.3) is 0 Å². The molecular weight excluding hydrogens is 314 g/mol. The minimum Gasteiger partial charge on any atom is -0.490 e. The normalized spacial score (nSPS) is 10.3. The molecular formula is C18H20ClNO3. The van der Waals surface area contributed by atoms with E-state index in [4.69, 9.17) is 26.8 Å². The summed E-state index contributed by atoms with van der Waals surface area (Å²) >= 11 is 5.81. The van der Waals surface area contributed by atoms with Crippen molar-refractivity contribution >= 4 is 23.1 Å². The molecule has 0 aliphatic carbocycles. The number of rotatable bonds is 8. The van der Waals surface area contributed by atoms with Gasteiger partial charge in [-0.25, -0.2) is 0 Å². The molecule has 0 spiro atoms. The van der Waals surface area contributed by atoms with Crippen molar-refractivity contribution in [1.29, 1.82) is 0 Å². The summed E-state index contributed by atoms with van der Waals surface area (Å²) in [7, 11) is 0. The van der Waals surface area contributed by atoms with Crippen molar-refractivity contribution in [3.8, 4) is 11.5 Å². The Labute approximate surface area is 141 Å². The molecule has 5 heteroatoms. The number of carbonyl (C=O) groups excluding carboxylic acids is 1. The zero-order valence-corrected chi connectivity index (χ0v) is 13.8. The van der Waals surface area contributed by atoms with Gasteiger partial charge in [-0.2, -0.15) is 0 Å². The molecule has 0 aromatic heterocycles. The molecule has 0 atom stereocenters. The van der Waals surface area contributed by atoms with E-state index in [2.05, 4.69) is 0 Å². The molecule has 0 aliphatic heterocycles. The van der Waals surface area contributed by atoms with Gasteiger partial charge in [0.1, 0.15) is 24.7 Å². The molecule has 23 heavy (non-hydrogen) atoms. The number of Topliss-reactive ketones (excluding diaryl/α,β-unsaturated/α-hetero) is 1. The molecule has 122 valence electrons. The summed E-state index contributed by atoms with van der Waals surface area (Å²) in [6.07, 6.45) is 1.34. The van der Waals surface area contributed by atoms with E-state index in [1.807, 2.05) is 6.92 Å². The van der Waals surface area contributed by atoms with E-state index in [-0.39, 0.29) is 5.78 Å². The predicted molar refractivity (Wildman–Crippen MR) is 92.5 cm³/mol. The number of carbonyl (C=O) groups is 1. The average molecular weight is 334 g/mol. The lowest BCUT2D eigenvalue weighted by atomic mass is 10.1. The number of ether oxygens (including phenoxy) is 2. The fraction of sp³-hybridized carbons (Fsp3) is 0.278. The molecule has 2 rings (SSSR count). The second-order valence-corrected chi connectivity index (χ2v) is 5.51. The number of benzene rings is 2. The summed E-state index contributed by atoms with van der Waals surface area (Å²) in [5.41, 5.74) is 7.01. The van der Waals surface area contributed by atoms with Gasteiger partial charge in [0.25, 0.3) is 0 Å². The summed E-state index contributed by atoms with van der Waals surface area (Å²) < 4.78 is 11.1. The highest BCUT2D eigenvalue weighted by atomic mass is 35.5. The molecule has 0 bridgehead atoms. The zero-order chi connectivity index (χ0) is 16.7. The van der Waals surface area contributed by atoms with Crippen molar-refractivity contribution in [3.63, 3.8) is 0 Å². The van der Waals surface area contributed by atoms with E-state index in [0.29, 0.717) is 41.7 Å². The Kier molecular flexibility index (Phi) is 6.29. The Morgan fingerprint density at radius 1 is 1.09 bits per heavy atom. The van der Waals surface area contributed by atoms with Crippen molar-refractivity contribution in [2.75, 3.05) is 18.9 Å². The van der Waals surface area contributed by atoms with E-state index < -0.39 is 0 Å². The van der Waals surface area contributed by atoms with Crippen LogP contribution < -0.4 is 15.2 Å². The van der Waals surface area contributed by atoms with Crippen molar-refractivity contribution < 1.29 is 14.3 Å². The van der Waals surface area contributed by atoms with Crippen LogP contribution in [0.2, 0.25) is 5.02 Å². The highest BCUT2D eigenvalue weighted by Crippen LogP contribution is 2.23. The highest BCUT2D eigenvalue weighted by Gasteiger charge is 2.08. The number of hydrogen-bond donors (Lipinski definition) is 1. The van der Waals surface area contributed by atoms with Crippen LogP contribution in [0.3, 0.4) is 0 Å². The first kappa shape index (κ1) is 17.2. The average Bonchev–Trinajstić information content (AvgIpc) is 2.54. The molecule has 4 nitrogen and oxygen atoms in total. The number of nitrogens with two attached hydrogens (primary N) is 1. The third-order valence-electron chi connectivity index (χ3n) is 3.23. The first-order chi connectivity index (χ1) is 11.1. The SMILES string of the molecule is CCCC(=O)c1ccc(OCCOc2ccc(Cl)cc2)c(N)c1. The Hall–Kier alpha value is -2.20. The lowest BCUT2D eigenvalue weighted by Gasteiger charge is -2.11. The quantitative estimate of drug-likeness (QED) is 0.443. The lowest BCUT2D eigenvalue weighted by Crippen LogP contribution is -2.10. The monoisotopic (exact) mass is 333 g/mol. The first-order valence-electron chi connectivity index (χ1n) is 7.54. The standard InChI is InChI=1S/C18H20ClNO3/c1-2-3-17(21)13-4-9-18(16(20)12-13)23-11-10-22-15-7-5-14(19)6-8-15/h4-9,12H,2-3,10-11,20H2,1H3. The van der Waals surface area contributed by atoms with Gasteiger partial charge in [0.15, 0.2) is 5.78 Å². The smallest absolute Gasteiger partial charge is 0.162 e. The van der Waals surface area contributed by atoms with Crippen LogP contribution in [0.4, 0.5) is 5.69 Å². The minimum atomic E-state index is 0.0943. The van der Waals surface area contributed by atoms with Gasteiger partial charge in [-0.15, -0.1) is 0 Å². The molecule has 0 fully saturated rings. The predicted octanol–water partition coefficient (Wildman–Crippen LogP) is 4.36. The summed E-state index contributed by atoms with van der Waals surface area (Å²) in [6, 6.07) is 12.2. The number of anilines is 1. The van der Waals surface area contributed by atoms with Gasteiger partial charge in [0.2, 0.25) is 0 Å². The molecule has 0 unspecified atom stereocenters. The second kappa shape index (κ2) is 8.44. The van der Waals surface area contributed by atoms with Crippen molar-refractivity contribution in [2.45, 2.75) is 19.8 Å². The van der Waals surface area contributed by atoms with Crippen LogP contribution in [0.1, 0.15) is 30.1 Å². The van der Waals surface area contributed by atoms with Gasteiger partial charge in [-0.1, -0.05) is 18.5 Å². The van der Waals surface area contributed by atoms with Crippen LogP contribution in [-0.4, -0.2) is 19.0 Å². The molecule has 0 radical (unpaired) electrons. The van der Waals surface area contributed by atoms with Gasteiger partial charge in [0, 0.05) is 17.0 Å². The Bertz CT molecular complexity index is 656. The molecule has 0 heterocycles. The topological polar surface area (TPSA) is 61.5 Å². The maximum Gasteiger partial charge on any atom is 0.162 e. The summed E-state index contributed by atoms with van der Waals surface area (Å²) in [4.78, 5) is 11.8. The van der Waals surface area contributed by atoms with E-state index in [1.54, 1.807) is 42.5 Å². The fourth-order valence-corrected chi connectivity index (χ4v) is 2.19. The lowest BCUT2D eigenvalue weighted by molar-refractivity contribution is 0.0981. The molecule has 2 aromatic carbocycles. The second-order valence-electron chi connectivity index (χ2n) is 5.08. The van der Waals surface area contributed by atoms with Crippen LogP contribution in [0.5, 0.6) is 11.5 Å². The summed E-state index contributed by atoms with van der Waals surface area (Å²) in [5.74, 6) is 1.38. The van der Waals surface area contributed by atoms with Crippen LogP contribution in [0.15, 0.2) is 42.5 Å². The van der Waals surface area contributed by atoms with E-state index in [0.717, 1.165) is 12.2 Å². The van der Waals surface area contributed by atoms with Crippen molar-refractivity contribution in [1.82, 2.24) is 0 Å². The Balaban J connectivity index is 1.83. The number of halogens is 1. The Morgan fingerprint density at radius 3 is 2.43 bits per heavy atom. The van der Waals surface area contributed by atoms with Gasteiger partial charge in [-0.05, 0) is 48.9 Å². The number of hydrogen-bond acceptors (Lipinski definition) is 4. The maximum atomic E-state index is 11.8. The van der Waals surface area contributed by atoms with E-state index in [1.165, 1.54) is 0 Å². The Morgan fingerprint density at radius 2 is 1.78 bits per heavy atom. The van der Waals surface area contributed by atoms with E-state index in [9.17, 15) is 4.79 Å². The third-order valence-corrected chi connectivity index (χ3v) is 3.48. The minimum absolute atomic E-state index is 0.0943. The molecule has 0 saturated carbocycles. The maximum absolute atomic E-state index is 11.8. The zero-order valence-electron chi connectivity index (χ0n) is 13.0. The third kappa shape index (κ3) is 5.18. The van der Waals surface area contributed by atoms with Gasteiger partial charge in [-0.3, -0.25) is 4.79 Å².